The van der Waals surface area contributed by atoms with Crippen LogP contribution in [0, 0.1) is 5.82 Å². The van der Waals surface area contributed by atoms with Gasteiger partial charge in [-0.05, 0) is 35.4 Å². The van der Waals surface area contributed by atoms with E-state index in [1.54, 1.807) is 0 Å². The molecule has 132 valence electrons. The predicted octanol–water partition coefficient (Wildman–Crippen LogP) is 6.26. The highest BCUT2D eigenvalue weighted by Crippen LogP contribution is 2.32. The van der Waals surface area contributed by atoms with Crippen LogP contribution in [0.25, 0.3) is 11.1 Å². The molecular weight excluding hydrogens is 324 g/mol. The molecular formula is C18H20F4O2. The maximum atomic E-state index is 13.5. The molecule has 0 fully saturated rings. The summed E-state index contributed by atoms with van der Waals surface area (Å²) in [6, 6.07) is 7.58. The van der Waals surface area contributed by atoms with Gasteiger partial charge in [0.25, 0.3) is 0 Å². The Morgan fingerprint density at radius 2 is 1.46 bits per heavy atom. The molecule has 0 amide bonds. The molecule has 0 radical (unpaired) electrons. The van der Waals surface area contributed by atoms with Crippen LogP contribution in [0.15, 0.2) is 42.5 Å². The number of halogens is 4. The van der Waals surface area contributed by atoms with E-state index in [0.29, 0.717) is 0 Å². The van der Waals surface area contributed by atoms with Gasteiger partial charge in [-0.2, -0.15) is 13.2 Å². The zero-order valence-corrected chi connectivity index (χ0v) is 13.9. The van der Waals surface area contributed by atoms with Crippen molar-refractivity contribution in [3.63, 3.8) is 0 Å². The van der Waals surface area contributed by atoms with E-state index in [2.05, 4.69) is 0 Å². The largest absolute Gasteiger partial charge is 0.478 e. The van der Waals surface area contributed by atoms with Crippen molar-refractivity contribution in [2.75, 3.05) is 0 Å². The van der Waals surface area contributed by atoms with E-state index in [0.717, 1.165) is 24.3 Å². The van der Waals surface area contributed by atoms with E-state index in [4.69, 9.17) is 5.11 Å². The normalized spacial score (nSPS) is 10.0. The Bertz CT molecular complexity index is 664. The summed E-state index contributed by atoms with van der Waals surface area (Å²) < 4.78 is 51.3. The van der Waals surface area contributed by atoms with Crippen molar-refractivity contribution in [1.29, 1.82) is 0 Å². The van der Waals surface area contributed by atoms with Gasteiger partial charge in [-0.15, -0.1) is 0 Å². The molecule has 0 heterocycles. The summed E-state index contributed by atoms with van der Waals surface area (Å²) in [5, 5.41) is 8.69. The Hall–Kier alpha value is -2.37. The lowest BCUT2D eigenvalue weighted by molar-refractivity contribution is -0.137. The lowest BCUT2D eigenvalue weighted by Gasteiger charge is -2.09. The van der Waals surface area contributed by atoms with Gasteiger partial charge in [-0.25, -0.2) is 9.18 Å². The van der Waals surface area contributed by atoms with Gasteiger partial charge in [0.1, 0.15) is 5.82 Å². The van der Waals surface area contributed by atoms with Crippen LogP contribution in [0.3, 0.4) is 0 Å². The number of alkyl halides is 3. The monoisotopic (exact) mass is 344 g/mol. The van der Waals surface area contributed by atoms with E-state index in [-0.39, 0.29) is 11.1 Å². The topological polar surface area (TPSA) is 37.3 Å². The summed E-state index contributed by atoms with van der Waals surface area (Å²) in [5.41, 5.74) is -1.03. The smallest absolute Gasteiger partial charge is 0.416 e. The summed E-state index contributed by atoms with van der Waals surface area (Å²) in [6.07, 6.45) is -4.49. The zero-order chi connectivity index (χ0) is 18.9. The van der Waals surface area contributed by atoms with Crippen LogP contribution in [0.4, 0.5) is 17.6 Å². The van der Waals surface area contributed by atoms with Gasteiger partial charge < -0.3 is 5.11 Å². The Balaban J connectivity index is 0.00000123. The van der Waals surface area contributed by atoms with E-state index in [1.165, 1.54) is 18.2 Å². The molecule has 0 saturated heterocycles. The molecule has 0 unspecified atom stereocenters. The predicted molar refractivity (Wildman–Crippen MR) is 86.5 cm³/mol. The first kappa shape index (κ1) is 21.6. The maximum Gasteiger partial charge on any atom is 0.416 e. The molecule has 6 heteroatoms. The van der Waals surface area contributed by atoms with Gasteiger partial charge in [0.05, 0.1) is 11.1 Å². The Morgan fingerprint density at radius 1 is 0.917 bits per heavy atom. The molecule has 0 aliphatic heterocycles. The van der Waals surface area contributed by atoms with Crippen molar-refractivity contribution < 1.29 is 27.5 Å². The van der Waals surface area contributed by atoms with Crippen molar-refractivity contribution in [1.82, 2.24) is 0 Å². The number of carboxylic acid groups (broad SMARTS) is 1. The summed E-state index contributed by atoms with van der Waals surface area (Å²) in [4.78, 5) is 10.7. The molecule has 2 aromatic carbocycles. The fourth-order valence-corrected chi connectivity index (χ4v) is 1.74. The van der Waals surface area contributed by atoms with E-state index < -0.39 is 29.1 Å². The average molecular weight is 344 g/mol. The van der Waals surface area contributed by atoms with Gasteiger partial charge in [0.2, 0.25) is 0 Å². The Morgan fingerprint density at radius 3 is 1.92 bits per heavy atom. The Labute approximate surface area is 138 Å². The third kappa shape index (κ3) is 5.68. The lowest BCUT2D eigenvalue weighted by atomic mass is 10.0. The number of aromatic carboxylic acids is 1. The minimum atomic E-state index is -4.49. The minimum Gasteiger partial charge on any atom is -0.478 e. The summed E-state index contributed by atoms with van der Waals surface area (Å²) in [7, 11) is 0. The quantitative estimate of drug-likeness (QED) is 0.653. The van der Waals surface area contributed by atoms with Gasteiger partial charge in [-0.1, -0.05) is 45.9 Å². The van der Waals surface area contributed by atoms with E-state index >= 15 is 0 Å². The van der Waals surface area contributed by atoms with E-state index in [9.17, 15) is 22.4 Å². The molecule has 0 bridgehead atoms. The molecule has 0 aliphatic carbocycles. The van der Waals surface area contributed by atoms with Crippen molar-refractivity contribution in [3.8, 4) is 11.1 Å². The first-order valence-corrected chi connectivity index (χ1v) is 7.49. The number of carboxylic acids is 1. The highest BCUT2D eigenvalue weighted by molar-refractivity contribution is 5.88. The van der Waals surface area contributed by atoms with Gasteiger partial charge in [-0.3, -0.25) is 0 Å². The van der Waals surface area contributed by atoms with Crippen LogP contribution in [0.2, 0.25) is 0 Å². The van der Waals surface area contributed by atoms with Crippen molar-refractivity contribution in [2.24, 2.45) is 0 Å². The molecule has 1 N–H and O–H groups in total. The molecule has 0 aliphatic rings. The third-order valence-electron chi connectivity index (χ3n) is 2.72. The number of benzene rings is 2. The number of hydrogen-bond acceptors (Lipinski definition) is 1. The molecule has 0 atom stereocenters. The second kappa shape index (κ2) is 9.70. The number of rotatable bonds is 2. The standard InChI is InChI=1S/C14H8F4O2.2C2H6/c15-12-7-9(4-5-11(12)13(19)20)8-2-1-3-10(6-8)14(16,17)18;2*1-2/h1-7H,(H,19,20);2*1-2H3. The van der Waals surface area contributed by atoms with Crippen LogP contribution in [0.5, 0.6) is 0 Å². The zero-order valence-electron chi connectivity index (χ0n) is 13.9. The molecule has 2 nitrogen and oxygen atoms in total. The number of carbonyl (C=O) groups is 1. The van der Waals surface area contributed by atoms with Crippen LogP contribution in [-0.2, 0) is 6.18 Å². The van der Waals surface area contributed by atoms with Crippen molar-refractivity contribution in [2.45, 2.75) is 33.9 Å². The molecule has 0 spiro atoms. The van der Waals surface area contributed by atoms with Crippen LogP contribution >= 0.6 is 0 Å². The fourth-order valence-electron chi connectivity index (χ4n) is 1.74. The highest BCUT2D eigenvalue weighted by atomic mass is 19.4. The van der Waals surface area contributed by atoms with Crippen molar-refractivity contribution in [3.05, 3.63) is 59.4 Å². The first-order chi connectivity index (χ1) is 11.3. The van der Waals surface area contributed by atoms with E-state index in [1.807, 2.05) is 27.7 Å². The summed E-state index contributed by atoms with van der Waals surface area (Å²) in [5.74, 6) is -2.43. The lowest BCUT2D eigenvalue weighted by Crippen LogP contribution is -2.04. The third-order valence-corrected chi connectivity index (χ3v) is 2.72. The molecule has 2 aromatic rings. The maximum absolute atomic E-state index is 13.5. The Kier molecular flexibility index (Phi) is 8.74. The molecule has 0 aromatic heterocycles. The van der Waals surface area contributed by atoms with Gasteiger partial charge in [0, 0.05) is 0 Å². The summed E-state index contributed by atoms with van der Waals surface area (Å²) >= 11 is 0. The second-order valence-corrected chi connectivity index (χ2v) is 4.08. The SMILES string of the molecule is CC.CC.O=C(O)c1ccc(-c2cccc(C(F)(F)F)c2)cc1F. The van der Waals surface area contributed by atoms with Crippen LogP contribution < -0.4 is 0 Å². The van der Waals surface area contributed by atoms with Crippen LogP contribution in [-0.4, -0.2) is 11.1 Å². The van der Waals surface area contributed by atoms with Crippen molar-refractivity contribution >= 4 is 5.97 Å². The first-order valence-electron chi connectivity index (χ1n) is 7.49. The molecule has 0 saturated carbocycles. The van der Waals surface area contributed by atoms with Gasteiger partial charge in [0.15, 0.2) is 0 Å². The van der Waals surface area contributed by atoms with Crippen LogP contribution in [0.1, 0.15) is 43.6 Å². The highest BCUT2D eigenvalue weighted by Gasteiger charge is 2.30. The molecule has 24 heavy (non-hydrogen) atoms. The second-order valence-electron chi connectivity index (χ2n) is 4.08. The van der Waals surface area contributed by atoms with Gasteiger partial charge >= 0.3 is 12.1 Å². The minimum absolute atomic E-state index is 0.163. The fraction of sp³-hybridized carbons (Fsp3) is 0.278. The number of hydrogen-bond donors (Lipinski definition) is 1. The molecule has 2 rings (SSSR count). The summed E-state index contributed by atoms with van der Waals surface area (Å²) in [6.45, 7) is 8.00. The average Bonchev–Trinajstić information content (AvgIpc) is 2.57.